The van der Waals surface area contributed by atoms with Crippen molar-refractivity contribution in [3.8, 4) is 5.75 Å². The first-order chi connectivity index (χ1) is 13.1. The molecule has 1 amide bonds. The van der Waals surface area contributed by atoms with E-state index in [1.165, 1.54) is 0 Å². The molecule has 0 unspecified atom stereocenters. The summed E-state index contributed by atoms with van der Waals surface area (Å²) in [4.78, 5) is 20.9. The summed E-state index contributed by atoms with van der Waals surface area (Å²) in [6.45, 7) is 0.387. The zero-order chi connectivity index (χ0) is 19.1. The summed E-state index contributed by atoms with van der Waals surface area (Å²) in [6, 6.07) is 23.0. The second kappa shape index (κ2) is 8.85. The first kappa shape index (κ1) is 18.5. The van der Waals surface area contributed by atoms with Crippen molar-refractivity contribution in [2.45, 2.75) is 6.54 Å². The summed E-state index contributed by atoms with van der Waals surface area (Å²) in [6.07, 6.45) is 1.68. The maximum Gasteiger partial charge on any atom is 0.266 e. The van der Waals surface area contributed by atoms with Crippen molar-refractivity contribution >= 4 is 17.4 Å². The number of anilines is 2. The van der Waals surface area contributed by atoms with Gasteiger partial charge in [0.15, 0.2) is 6.61 Å². The Kier molecular flexibility index (Phi) is 6.05. The molecule has 0 saturated heterocycles. The number of carbonyl (C=O) groups excluding carboxylic acids is 1. The zero-order valence-corrected chi connectivity index (χ0v) is 15.6. The van der Waals surface area contributed by atoms with Gasteiger partial charge in [-0.15, -0.1) is 0 Å². The normalized spacial score (nSPS) is 10.3. The number of hydrogen-bond acceptors (Lipinski definition) is 4. The van der Waals surface area contributed by atoms with E-state index in [1.54, 1.807) is 11.1 Å². The molecule has 0 radical (unpaired) electrons. The quantitative estimate of drug-likeness (QED) is 0.643. The number of benzene rings is 2. The predicted octanol–water partition coefficient (Wildman–Crippen LogP) is 3.76. The van der Waals surface area contributed by atoms with Gasteiger partial charge in [-0.2, -0.15) is 0 Å². The van der Waals surface area contributed by atoms with Crippen molar-refractivity contribution in [1.82, 2.24) is 4.98 Å². The average molecular weight is 361 g/mol. The number of pyridine rings is 1. The van der Waals surface area contributed by atoms with Gasteiger partial charge in [0.05, 0.1) is 6.54 Å². The SMILES string of the molecule is CN(C)c1ccc(CN(C(=O)COc2ccccc2)c2ccccn2)cc1. The number of nitrogens with zero attached hydrogens (tertiary/aromatic N) is 3. The summed E-state index contributed by atoms with van der Waals surface area (Å²) < 4.78 is 5.63. The fourth-order valence-corrected chi connectivity index (χ4v) is 2.63. The van der Waals surface area contributed by atoms with Crippen molar-refractivity contribution in [2.24, 2.45) is 0 Å². The van der Waals surface area contributed by atoms with E-state index in [1.807, 2.05) is 91.8 Å². The van der Waals surface area contributed by atoms with Crippen molar-refractivity contribution < 1.29 is 9.53 Å². The van der Waals surface area contributed by atoms with E-state index in [0.717, 1.165) is 11.3 Å². The van der Waals surface area contributed by atoms with Gasteiger partial charge in [-0.1, -0.05) is 36.4 Å². The zero-order valence-electron chi connectivity index (χ0n) is 15.6. The summed E-state index contributed by atoms with van der Waals surface area (Å²) in [5.74, 6) is 1.13. The molecule has 0 bridgehead atoms. The van der Waals surface area contributed by atoms with Gasteiger partial charge in [0, 0.05) is 26.0 Å². The van der Waals surface area contributed by atoms with Crippen LogP contribution >= 0.6 is 0 Å². The van der Waals surface area contributed by atoms with Gasteiger partial charge in [0.2, 0.25) is 0 Å². The number of hydrogen-bond donors (Lipinski definition) is 0. The molecule has 0 aliphatic carbocycles. The van der Waals surface area contributed by atoms with Crippen LogP contribution in [-0.4, -0.2) is 31.6 Å². The van der Waals surface area contributed by atoms with E-state index in [2.05, 4.69) is 4.98 Å². The molecule has 5 heteroatoms. The molecule has 0 aliphatic rings. The molecule has 2 aromatic carbocycles. The molecule has 0 atom stereocenters. The number of amides is 1. The van der Waals surface area contributed by atoms with Crippen LogP contribution < -0.4 is 14.5 Å². The highest BCUT2D eigenvalue weighted by atomic mass is 16.5. The number of aromatic nitrogens is 1. The molecule has 0 spiro atoms. The summed E-state index contributed by atoms with van der Waals surface area (Å²) >= 11 is 0. The molecule has 3 rings (SSSR count). The van der Waals surface area contributed by atoms with E-state index in [9.17, 15) is 4.79 Å². The van der Waals surface area contributed by atoms with Crippen LogP contribution in [0, 0.1) is 0 Å². The minimum absolute atomic E-state index is 0.0453. The molecule has 27 heavy (non-hydrogen) atoms. The van der Waals surface area contributed by atoms with Gasteiger partial charge in [-0.25, -0.2) is 4.98 Å². The molecule has 0 N–H and O–H groups in total. The van der Waals surface area contributed by atoms with Crippen LogP contribution in [0.3, 0.4) is 0 Å². The molecule has 5 nitrogen and oxygen atoms in total. The summed E-state index contributed by atoms with van der Waals surface area (Å²) in [7, 11) is 4.00. The van der Waals surface area contributed by atoms with E-state index < -0.39 is 0 Å². The smallest absolute Gasteiger partial charge is 0.266 e. The van der Waals surface area contributed by atoms with Crippen molar-refractivity contribution in [3.63, 3.8) is 0 Å². The molecule has 0 aliphatic heterocycles. The Labute approximate surface area is 159 Å². The molecular formula is C22H23N3O2. The lowest BCUT2D eigenvalue weighted by molar-refractivity contribution is -0.120. The van der Waals surface area contributed by atoms with E-state index in [4.69, 9.17) is 4.74 Å². The largest absolute Gasteiger partial charge is 0.484 e. The lowest BCUT2D eigenvalue weighted by atomic mass is 10.2. The van der Waals surface area contributed by atoms with Gasteiger partial charge in [-0.3, -0.25) is 9.69 Å². The number of rotatable bonds is 7. The van der Waals surface area contributed by atoms with Crippen LogP contribution in [-0.2, 0) is 11.3 Å². The fraction of sp³-hybridized carbons (Fsp3) is 0.182. The standard InChI is InChI=1S/C22H23N3O2/c1-24(2)19-13-11-18(12-14-19)16-25(21-10-6-7-15-23-21)22(26)17-27-20-8-4-3-5-9-20/h3-15H,16-17H2,1-2H3. The highest BCUT2D eigenvalue weighted by molar-refractivity contribution is 5.93. The first-order valence-electron chi connectivity index (χ1n) is 8.79. The maximum absolute atomic E-state index is 12.8. The Balaban J connectivity index is 1.75. The Bertz CT molecular complexity index is 850. The first-order valence-corrected chi connectivity index (χ1v) is 8.79. The predicted molar refractivity (Wildman–Crippen MR) is 108 cm³/mol. The van der Waals surface area contributed by atoms with Gasteiger partial charge in [0.1, 0.15) is 11.6 Å². The molecule has 138 valence electrons. The van der Waals surface area contributed by atoms with Crippen LogP contribution in [0.2, 0.25) is 0 Å². The molecule has 0 saturated carbocycles. The van der Waals surface area contributed by atoms with Crippen molar-refractivity contribution in [1.29, 1.82) is 0 Å². The van der Waals surface area contributed by atoms with E-state index in [-0.39, 0.29) is 12.5 Å². The lowest BCUT2D eigenvalue weighted by Crippen LogP contribution is -2.35. The molecule has 1 heterocycles. The Hall–Kier alpha value is -3.34. The number of carbonyl (C=O) groups is 1. The Morgan fingerprint density at radius 2 is 1.63 bits per heavy atom. The van der Waals surface area contributed by atoms with Crippen LogP contribution in [0.1, 0.15) is 5.56 Å². The number of para-hydroxylation sites is 1. The molecule has 1 aromatic heterocycles. The van der Waals surface area contributed by atoms with Crippen LogP contribution in [0.15, 0.2) is 79.0 Å². The third-order valence-electron chi connectivity index (χ3n) is 4.13. The van der Waals surface area contributed by atoms with Crippen molar-refractivity contribution in [3.05, 3.63) is 84.6 Å². The topological polar surface area (TPSA) is 45.7 Å². The lowest BCUT2D eigenvalue weighted by Gasteiger charge is -2.22. The summed E-state index contributed by atoms with van der Waals surface area (Å²) in [5, 5.41) is 0. The fourth-order valence-electron chi connectivity index (χ4n) is 2.63. The molecular weight excluding hydrogens is 338 g/mol. The third kappa shape index (κ3) is 5.07. The summed E-state index contributed by atoms with van der Waals surface area (Å²) in [5.41, 5.74) is 2.14. The minimum Gasteiger partial charge on any atom is -0.484 e. The second-order valence-electron chi connectivity index (χ2n) is 6.33. The van der Waals surface area contributed by atoms with Crippen molar-refractivity contribution in [2.75, 3.05) is 30.5 Å². The molecule has 3 aromatic rings. The highest BCUT2D eigenvalue weighted by Crippen LogP contribution is 2.18. The van der Waals surface area contributed by atoms with E-state index in [0.29, 0.717) is 18.1 Å². The monoisotopic (exact) mass is 361 g/mol. The molecule has 0 fully saturated rings. The second-order valence-corrected chi connectivity index (χ2v) is 6.33. The highest BCUT2D eigenvalue weighted by Gasteiger charge is 2.18. The van der Waals surface area contributed by atoms with Gasteiger partial charge < -0.3 is 9.64 Å². The van der Waals surface area contributed by atoms with Crippen LogP contribution in [0.25, 0.3) is 0 Å². The minimum atomic E-state index is -0.144. The van der Waals surface area contributed by atoms with Gasteiger partial charge >= 0.3 is 0 Å². The van der Waals surface area contributed by atoms with Crippen LogP contribution in [0.5, 0.6) is 5.75 Å². The number of ether oxygens (including phenoxy) is 1. The Morgan fingerprint density at radius 1 is 0.926 bits per heavy atom. The van der Waals surface area contributed by atoms with Gasteiger partial charge in [0.25, 0.3) is 5.91 Å². The third-order valence-corrected chi connectivity index (χ3v) is 4.13. The average Bonchev–Trinajstić information content (AvgIpc) is 2.72. The Morgan fingerprint density at radius 3 is 2.26 bits per heavy atom. The van der Waals surface area contributed by atoms with Gasteiger partial charge in [-0.05, 0) is 42.0 Å². The van der Waals surface area contributed by atoms with Crippen LogP contribution in [0.4, 0.5) is 11.5 Å². The maximum atomic E-state index is 12.8. The van der Waals surface area contributed by atoms with E-state index >= 15 is 0 Å².